The molecule has 3 rings (SSSR count). The van der Waals surface area contributed by atoms with Crippen LogP contribution >= 0.6 is 12.2 Å². The van der Waals surface area contributed by atoms with E-state index in [1.807, 2.05) is 0 Å². The van der Waals surface area contributed by atoms with Crippen LogP contribution in [-0.4, -0.2) is 38.4 Å². The van der Waals surface area contributed by atoms with Crippen molar-refractivity contribution in [2.45, 2.75) is 18.9 Å². The molecule has 3 N–H and O–H groups in total. The number of thiocarbonyl (C=S) groups is 1. The highest BCUT2D eigenvalue weighted by atomic mass is 32.1. The van der Waals surface area contributed by atoms with E-state index in [9.17, 15) is 4.79 Å². The maximum atomic E-state index is 12.4. The predicted octanol–water partition coefficient (Wildman–Crippen LogP) is 1.79. The molecule has 1 fully saturated rings. The predicted molar refractivity (Wildman–Crippen MR) is 102 cm³/mol. The van der Waals surface area contributed by atoms with Crippen LogP contribution in [0.3, 0.4) is 0 Å². The summed E-state index contributed by atoms with van der Waals surface area (Å²) in [6.45, 7) is 0. The van der Waals surface area contributed by atoms with Gasteiger partial charge in [-0.3, -0.25) is 15.6 Å². The van der Waals surface area contributed by atoms with E-state index >= 15 is 0 Å². The largest absolute Gasteiger partial charge is 0.493 e. The Balaban J connectivity index is 1.59. The third-order valence-electron chi connectivity index (χ3n) is 4.81. The molecule has 1 amide bonds. The summed E-state index contributed by atoms with van der Waals surface area (Å²) < 4.78 is 15.8. The molecule has 0 spiro atoms. The zero-order valence-corrected chi connectivity index (χ0v) is 15.8. The van der Waals surface area contributed by atoms with Gasteiger partial charge >= 0.3 is 0 Å². The van der Waals surface area contributed by atoms with Gasteiger partial charge in [0.15, 0.2) is 16.6 Å². The summed E-state index contributed by atoms with van der Waals surface area (Å²) in [6, 6.07) is 3.48. The number of hydrogen-bond acceptors (Lipinski definition) is 5. The van der Waals surface area contributed by atoms with E-state index in [0.29, 0.717) is 45.8 Å². The Morgan fingerprint density at radius 1 is 1.04 bits per heavy atom. The normalized spacial score (nSPS) is 22.7. The Bertz CT molecular complexity index is 712. The molecule has 0 aliphatic heterocycles. The van der Waals surface area contributed by atoms with Gasteiger partial charge in [0.2, 0.25) is 5.75 Å². The summed E-state index contributed by atoms with van der Waals surface area (Å²) in [5.41, 5.74) is 5.71. The van der Waals surface area contributed by atoms with Crippen LogP contribution in [0.4, 0.5) is 0 Å². The maximum absolute atomic E-state index is 12.4. The van der Waals surface area contributed by atoms with Crippen molar-refractivity contribution in [2.24, 2.45) is 11.8 Å². The van der Waals surface area contributed by atoms with E-state index in [4.69, 9.17) is 26.4 Å². The standard InChI is InChI=1S/C18H23N3O4S/c1-23-14-8-12(9-15(24-2)16(14)25-3)17(22)20-21-18(26)19-13-7-10-4-5-11(13)6-10/h4-5,8-11,13H,6-7H2,1-3H3,(H,20,22)(H2,19,21,26)/t10-,11-,13-/m1/s1. The highest BCUT2D eigenvalue weighted by molar-refractivity contribution is 7.80. The summed E-state index contributed by atoms with van der Waals surface area (Å²) in [4.78, 5) is 12.4. The van der Waals surface area contributed by atoms with Gasteiger partial charge in [-0.25, -0.2) is 0 Å². The van der Waals surface area contributed by atoms with Gasteiger partial charge in [0.1, 0.15) is 0 Å². The average molecular weight is 377 g/mol. The fourth-order valence-electron chi connectivity index (χ4n) is 3.55. The fraction of sp³-hybridized carbons (Fsp3) is 0.444. The topological polar surface area (TPSA) is 80.9 Å². The van der Waals surface area contributed by atoms with Crippen molar-refractivity contribution in [1.29, 1.82) is 0 Å². The SMILES string of the molecule is COc1cc(C(=O)NNC(=S)N[C@@H]2C[C@@H]3C=C[C@@H]2C3)cc(OC)c1OC. The lowest BCUT2D eigenvalue weighted by atomic mass is 10.0. The molecule has 0 unspecified atom stereocenters. The Morgan fingerprint density at radius 3 is 2.23 bits per heavy atom. The Hall–Kier alpha value is -2.48. The van der Waals surface area contributed by atoms with Crippen LogP contribution in [0.5, 0.6) is 17.2 Å². The summed E-state index contributed by atoms with van der Waals surface area (Å²) in [7, 11) is 4.51. The lowest BCUT2D eigenvalue weighted by Gasteiger charge is -2.22. The van der Waals surface area contributed by atoms with Gasteiger partial charge in [-0.15, -0.1) is 0 Å². The Morgan fingerprint density at radius 2 is 1.73 bits per heavy atom. The first-order valence-corrected chi connectivity index (χ1v) is 8.81. The fourth-order valence-corrected chi connectivity index (χ4v) is 3.75. The van der Waals surface area contributed by atoms with E-state index in [-0.39, 0.29) is 5.91 Å². The molecule has 0 heterocycles. The van der Waals surface area contributed by atoms with E-state index < -0.39 is 0 Å². The molecule has 1 aromatic rings. The van der Waals surface area contributed by atoms with E-state index in [1.165, 1.54) is 27.8 Å². The van der Waals surface area contributed by atoms with Gasteiger partial charge in [0, 0.05) is 11.6 Å². The Labute approximate surface area is 158 Å². The third-order valence-corrected chi connectivity index (χ3v) is 5.03. The van der Waals surface area contributed by atoms with Crippen LogP contribution in [0.2, 0.25) is 0 Å². The second-order valence-corrected chi connectivity index (χ2v) is 6.76. The van der Waals surface area contributed by atoms with Gasteiger partial charge in [-0.2, -0.15) is 0 Å². The van der Waals surface area contributed by atoms with Gasteiger partial charge < -0.3 is 19.5 Å². The number of benzene rings is 1. The van der Waals surface area contributed by atoms with Crippen LogP contribution in [0, 0.1) is 11.8 Å². The molecule has 8 heteroatoms. The lowest BCUT2D eigenvalue weighted by Crippen LogP contribution is -2.50. The second kappa shape index (κ2) is 7.82. The van der Waals surface area contributed by atoms with Crippen molar-refractivity contribution >= 4 is 23.2 Å². The third kappa shape index (κ3) is 3.70. The number of rotatable bonds is 5. The number of fused-ring (bicyclic) bond motifs is 2. The molecule has 0 saturated heterocycles. The molecule has 2 bridgehead atoms. The molecule has 2 aliphatic rings. The van der Waals surface area contributed by atoms with Crippen LogP contribution < -0.4 is 30.4 Å². The highest BCUT2D eigenvalue weighted by Crippen LogP contribution is 2.39. The molecule has 3 atom stereocenters. The van der Waals surface area contributed by atoms with Gasteiger partial charge in [-0.1, -0.05) is 12.2 Å². The van der Waals surface area contributed by atoms with E-state index in [1.54, 1.807) is 12.1 Å². The Kier molecular flexibility index (Phi) is 5.51. The van der Waals surface area contributed by atoms with E-state index in [0.717, 1.165) is 6.42 Å². The van der Waals surface area contributed by atoms with Crippen molar-refractivity contribution < 1.29 is 19.0 Å². The molecule has 140 valence electrons. The average Bonchev–Trinajstić information content (AvgIpc) is 3.27. The molecule has 7 nitrogen and oxygen atoms in total. The maximum Gasteiger partial charge on any atom is 0.269 e. The number of hydrogen-bond donors (Lipinski definition) is 3. The summed E-state index contributed by atoms with van der Waals surface area (Å²) in [6.07, 6.45) is 6.76. The quantitative estimate of drug-likeness (QED) is 0.410. The van der Waals surface area contributed by atoms with Crippen LogP contribution in [0.15, 0.2) is 24.3 Å². The van der Waals surface area contributed by atoms with E-state index in [2.05, 4.69) is 28.3 Å². The van der Waals surface area contributed by atoms with Crippen molar-refractivity contribution in [3.8, 4) is 17.2 Å². The monoisotopic (exact) mass is 377 g/mol. The van der Waals surface area contributed by atoms with Crippen LogP contribution in [-0.2, 0) is 0 Å². The minimum Gasteiger partial charge on any atom is -0.493 e. The number of ether oxygens (including phenoxy) is 3. The molecular formula is C18H23N3O4S. The number of methoxy groups -OCH3 is 3. The molecule has 26 heavy (non-hydrogen) atoms. The van der Waals surface area contributed by atoms with Gasteiger partial charge in [0.25, 0.3) is 5.91 Å². The molecule has 0 radical (unpaired) electrons. The van der Waals surface area contributed by atoms with Crippen LogP contribution in [0.1, 0.15) is 23.2 Å². The van der Waals surface area contributed by atoms with Gasteiger partial charge in [-0.05, 0) is 49.0 Å². The molecule has 1 aromatic carbocycles. The zero-order valence-electron chi connectivity index (χ0n) is 15.0. The van der Waals surface area contributed by atoms with Crippen molar-refractivity contribution in [3.05, 3.63) is 29.8 Å². The second-order valence-electron chi connectivity index (χ2n) is 6.35. The van der Waals surface area contributed by atoms with Gasteiger partial charge in [0.05, 0.1) is 21.3 Å². The summed E-state index contributed by atoms with van der Waals surface area (Å²) in [5.74, 6) is 2.06. The number of hydrazine groups is 1. The zero-order chi connectivity index (χ0) is 18.7. The van der Waals surface area contributed by atoms with Crippen molar-refractivity contribution in [2.75, 3.05) is 21.3 Å². The first kappa shape index (κ1) is 18.3. The number of allylic oxidation sites excluding steroid dienone is 1. The van der Waals surface area contributed by atoms with Crippen molar-refractivity contribution in [3.63, 3.8) is 0 Å². The number of carbonyl (C=O) groups excluding carboxylic acids is 1. The molecular weight excluding hydrogens is 354 g/mol. The summed E-state index contributed by atoms with van der Waals surface area (Å²) >= 11 is 5.28. The molecule has 1 saturated carbocycles. The minimum absolute atomic E-state index is 0.322. The first-order chi connectivity index (χ1) is 12.5. The number of carbonyl (C=O) groups is 1. The number of amides is 1. The van der Waals surface area contributed by atoms with Crippen LogP contribution in [0.25, 0.3) is 0 Å². The lowest BCUT2D eigenvalue weighted by molar-refractivity contribution is 0.0942. The molecule has 0 aromatic heterocycles. The minimum atomic E-state index is -0.360. The highest BCUT2D eigenvalue weighted by Gasteiger charge is 2.35. The first-order valence-electron chi connectivity index (χ1n) is 8.41. The number of nitrogens with one attached hydrogen (secondary N) is 3. The van der Waals surface area contributed by atoms with Crippen molar-refractivity contribution in [1.82, 2.24) is 16.2 Å². The molecule has 2 aliphatic carbocycles. The summed E-state index contributed by atoms with van der Waals surface area (Å²) in [5, 5.41) is 3.67. The smallest absolute Gasteiger partial charge is 0.269 e.